The Hall–Kier alpha value is -1.27. The van der Waals surface area contributed by atoms with Crippen LogP contribution in [0.3, 0.4) is 0 Å². The molecule has 2 amide bonds. The summed E-state index contributed by atoms with van der Waals surface area (Å²) in [5.41, 5.74) is 8.05. The molecule has 1 aliphatic rings. The molecule has 2 rings (SSSR count). The van der Waals surface area contributed by atoms with E-state index in [1.54, 1.807) is 0 Å². The Bertz CT molecular complexity index is 436. The summed E-state index contributed by atoms with van der Waals surface area (Å²) in [6.45, 7) is 3.21. The first kappa shape index (κ1) is 13.2. The number of halogens is 1. The number of carbonyl (C=O) groups is 1. The number of benzene rings is 1. The molecule has 6 heteroatoms. The molecule has 1 aromatic rings. The number of nitrogens with one attached hydrogen (secondary N) is 2. The number of urea groups is 1. The zero-order chi connectivity index (χ0) is 13.1. The minimum Gasteiger partial charge on any atom is -0.397 e. The van der Waals surface area contributed by atoms with E-state index in [9.17, 15) is 4.79 Å². The highest BCUT2D eigenvalue weighted by molar-refractivity contribution is 9.10. The van der Waals surface area contributed by atoms with Gasteiger partial charge < -0.3 is 21.1 Å². The van der Waals surface area contributed by atoms with E-state index < -0.39 is 0 Å². The zero-order valence-corrected chi connectivity index (χ0v) is 11.7. The molecule has 0 bridgehead atoms. The summed E-state index contributed by atoms with van der Waals surface area (Å²) in [5, 5.41) is 5.60. The molecule has 0 aliphatic carbocycles. The Morgan fingerprint density at radius 1 is 1.56 bits per heavy atom. The SMILES string of the molecule is Cc1cc(N)c(NC(=O)NC2CCOC2)c(Br)c1. The lowest BCUT2D eigenvalue weighted by Gasteiger charge is -2.14. The third kappa shape index (κ3) is 3.14. The van der Waals surface area contributed by atoms with E-state index in [-0.39, 0.29) is 12.1 Å². The summed E-state index contributed by atoms with van der Waals surface area (Å²) < 4.78 is 5.97. The van der Waals surface area contributed by atoms with Gasteiger partial charge in [0, 0.05) is 11.1 Å². The van der Waals surface area contributed by atoms with Gasteiger partial charge in [-0.25, -0.2) is 4.79 Å². The third-order valence-corrected chi connectivity index (χ3v) is 3.39. The number of ether oxygens (including phenoxy) is 1. The fourth-order valence-electron chi connectivity index (χ4n) is 1.88. The zero-order valence-electron chi connectivity index (χ0n) is 10.1. The van der Waals surface area contributed by atoms with Gasteiger partial charge in [0.15, 0.2) is 0 Å². The molecular weight excluding hydrogens is 298 g/mol. The van der Waals surface area contributed by atoms with Crippen molar-refractivity contribution >= 4 is 33.3 Å². The van der Waals surface area contributed by atoms with Crippen LogP contribution in [0.2, 0.25) is 0 Å². The van der Waals surface area contributed by atoms with E-state index in [0.717, 1.165) is 16.5 Å². The lowest BCUT2D eigenvalue weighted by Crippen LogP contribution is -2.38. The van der Waals surface area contributed by atoms with Gasteiger partial charge in [0.2, 0.25) is 0 Å². The van der Waals surface area contributed by atoms with Crippen LogP contribution in [0.1, 0.15) is 12.0 Å². The Morgan fingerprint density at radius 3 is 2.94 bits per heavy atom. The highest BCUT2D eigenvalue weighted by Crippen LogP contribution is 2.30. The van der Waals surface area contributed by atoms with Crippen LogP contribution in [-0.4, -0.2) is 25.3 Å². The van der Waals surface area contributed by atoms with Crippen LogP contribution in [0.4, 0.5) is 16.2 Å². The monoisotopic (exact) mass is 313 g/mol. The second kappa shape index (κ2) is 5.58. The fourth-order valence-corrected chi connectivity index (χ4v) is 2.57. The summed E-state index contributed by atoms with van der Waals surface area (Å²) in [6, 6.07) is 3.54. The topological polar surface area (TPSA) is 76.4 Å². The molecule has 0 saturated carbocycles. The molecule has 0 radical (unpaired) electrons. The van der Waals surface area contributed by atoms with Crippen LogP contribution in [0, 0.1) is 6.92 Å². The fraction of sp³-hybridized carbons (Fsp3) is 0.417. The van der Waals surface area contributed by atoms with Gasteiger partial charge in [-0.15, -0.1) is 0 Å². The van der Waals surface area contributed by atoms with Gasteiger partial charge in [-0.05, 0) is 47.0 Å². The van der Waals surface area contributed by atoms with E-state index in [2.05, 4.69) is 26.6 Å². The lowest BCUT2D eigenvalue weighted by molar-refractivity contribution is 0.189. The van der Waals surface area contributed by atoms with Crippen molar-refractivity contribution in [3.8, 4) is 0 Å². The maximum Gasteiger partial charge on any atom is 0.319 e. The van der Waals surface area contributed by atoms with Crippen molar-refractivity contribution < 1.29 is 9.53 Å². The predicted molar refractivity (Wildman–Crippen MR) is 74.7 cm³/mol. The number of aryl methyl sites for hydroxylation is 1. The van der Waals surface area contributed by atoms with Crippen molar-refractivity contribution in [1.82, 2.24) is 5.32 Å². The lowest BCUT2D eigenvalue weighted by atomic mass is 10.2. The average molecular weight is 314 g/mol. The summed E-state index contributed by atoms with van der Waals surface area (Å²) >= 11 is 3.39. The number of amides is 2. The molecule has 1 aromatic carbocycles. The van der Waals surface area contributed by atoms with Gasteiger partial charge in [-0.3, -0.25) is 0 Å². The highest BCUT2D eigenvalue weighted by atomic mass is 79.9. The van der Waals surface area contributed by atoms with Crippen LogP contribution in [-0.2, 0) is 4.74 Å². The molecule has 1 saturated heterocycles. The molecule has 98 valence electrons. The van der Waals surface area contributed by atoms with Crippen molar-refractivity contribution in [2.24, 2.45) is 0 Å². The van der Waals surface area contributed by atoms with Crippen LogP contribution in [0.5, 0.6) is 0 Å². The van der Waals surface area contributed by atoms with Crippen molar-refractivity contribution in [2.45, 2.75) is 19.4 Å². The van der Waals surface area contributed by atoms with Crippen molar-refractivity contribution in [1.29, 1.82) is 0 Å². The molecule has 0 aromatic heterocycles. The second-order valence-electron chi connectivity index (χ2n) is 4.37. The smallest absolute Gasteiger partial charge is 0.319 e. The van der Waals surface area contributed by atoms with Crippen LogP contribution in [0.15, 0.2) is 16.6 Å². The summed E-state index contributed by atoms with van der Waals surface area (Å²) in [4.78, 5) is 11.8. The number of anilines is 2. The van der Waals surface area contributed by atoms with E-state index in [1.165, 1.54) is 0 Å². The minimum atomic E-state index is -0.262. The number of nitrogen functional groups attached to an aromatic ring is 1. The number of nitrogens with two attached hydrogens (primary N) is 1. The number of rotatable bonds is 2. The van der Waals surface area contributed by atoms with Gasteiger partial charge >= 0.3 is 6.03 Å². The molecule has 1 aliphatic heterocycles. The maximum absolute atomic E-state index is 11.8. The first-order valence-electron chi connectivity index (χ1n) is 5.77. The van der Waals surface area contributed by atoms with Crippen LogP contribution in [0.25, 0.3) is 0 Å². The minimum absolute atomic E-state index is 0.0791. The van der Waals surface area contributed by atoms with E-state index in [0.29, 0.717) is 24.6 Å². The number of carbonyl (C=O) groups excluding carboxylic acids is 1. The number of hydrogen-bond acceptors (Lipinski definition) is 3. The van der Waals surface area contributed by atoms with Crippen LogP contribution < -0.4 is 16.4 Å². The second-order valence-corrected chi connectivity index (χ2v) is 5.22. The molecule has 1 fully saturated rings. The quantitative estimate of drug-likeness (QED) is 0.733. The number of hydrogen-bond donors (Lipinski definition) is 3. The van der Waals surface area contributed by atoms with Gasteiger partial charge in [0.05, 0.1) is 24.0 Å². The molecule has 1 unspecified atom stereocenters. The van der Waals surface area contributed by atoms with Gasteiger partial charge in [-0.1, -0.05) is 0 Å². The Kier molecular flexibility index (Phi) is 4.08. The Morgan fingerprint density at radius 2 is 2.33 bits per heavy atom. The molecule has 0 spiro atoms. The predicted octanol–water partition coefficient (Wildman–Crippen LogP) is 2.25. The van der Waals surface area contributed by atoms with Crippen molar-refractivity contribution in [2.75, 3.05) is 24.3 Å². The molecule has 1 atom stereocenters. The average Bonchev–Trinajstić information content (AvgIpc) is 2.76. The normalized spacial score (nSPS) is 18.7. The standard InChI is InChI=1S/C12H16BrN3O2/c1-7-4-9(13)11(10(14)5-7)16-12(17)15-8-2-3-18-6-8/h4-5,8H,2-3,6,14H2,1H3,(H2,15,16,17). The summed E-state index contributed by atoms with van der Waals surface area (Å²) in [7, 11) is 0. The highest BCUT2D eigenvalue weighted by Gasteiger charge is 2.18. The summed E-state index contributed by atoms with van der Waals surface area (Å²) in [5.74, 6) is 0. The molecule has 4 N–H and O–H groups in total. The first-order chi connectivity index (χ1) is 8.56. The van der Waals surface area contributed by atoms with Crippen LogP contribution >= 0.6 is 15.9 Å². The van der Waals surface area contributed by atoms with E-state index in [1.807, 2.05) is 19.1 Å². The van der Waals surface area contributed by atoms with Crippen molar-refractivity contribution in [3.05, 3.63) is 22.2 Å². The Balaban J connectivity index is 2.02. The van der Waals surface area contributed by atoms with Gasteiger partial charge in [0.25, 0.3) is 0 Å². The molecular formula is C12H16BrN3O2. The largest absolute Gasteiger partial charge is 0.397 e. The molecule has 5 nitrogen and oxygen atoms in total. The Labute approximate surface area is 114 Å². The van der Waals surface area contributed by atoms with E-state index >= 15 is 0 Å². The third-order valence-electron chi connectivity index (χ3n) is 2.77. The van der Waals surface area contributed by atoms with Crippen molar-refractivity contribution in [3.63, 3.8) is 0 Å². The van der Waals surface area contributed by atoms with E-state index in [4.69, 9.17) is 10.5 Å². The molecule has 1 heterocycles. The van der Waals surface area contributed by atoms with Gasteiger partial charge in [-0.2, -0.15) is 0 Å². The maximum atomic E-state index is 11.8. The molecule has 18 heavy (non-hydrogen) atoms. The van der Waals surface area contributed by atoms with Gasteiger partial charge in [0.1, 0.15) is 0 Å². The summed E-state index contributed by atoms with van der Waals surface area (Å²) in [6.07, 6.45) is 0.845. The first-order valence-corrected chi connectivity index (χ1v) is 6.56.